The zero-order chi connectivity index (χ0) is 65.8. The minimum absolute atomic E-state index is 0. The molecule has 0 atom stereocenters. The number of ether oxygens (including phenoxy) is 1. The standard InChI is InChI=1S/C22H19N3O.C14H11FN2S.C11H12FN3O2.C11H7N5O.C10H12N4O.3Ir.2Rh/c1-2-18-14-9-15-19(23-18)25-21(17-12-7-4-8-13-17)24-20(22(25)26)16-10-5-3-6-11-16;15-9-11-5-3-7-13(16-11)17-12-6-2-1-4-10(12)8-14(17)18;1-7-5-11(16)15(14-7)10-4-3-9(17-2)8(6-12)13-10;1-13-9-7-11(17)16(15-9)10-4-2-3-8(14-10)5-6-12;1-2-3-8-4-6-11-10(13-8)14-9(15)5-7-12-14;;;;;/h3-15,26H,2H2,1H3;1-8,18H,9H2;3-5,16H,6H2,1-2H3;2-4,7,17H,5H2;4-7,15H,2-3H2,1H3;;;;;/p-1. The number of fused-ring (bicyclic) bond motifs is 1. The summed E-state index contributed by atoms with van der Waals surface area (Å²) in [5, 5.41) is 61.8. The van der Waals surface area contributed by atoms with E-state index in [0.29, 0.717) is 68.6 Å². The van der Waals surface area contributed by atoms with Crippen molar-refractivity contribution in [3.05, 3.63) is 240 Å². The van der Waals surface area contributed by atoms with Gasteiger partial charge in [-0.15, -0.1) is 4.68 Å². The Hall–Kier alpha value is -9.03. The molecule has 5 radical (unpaired) electrons. The number of nitriles is 1. The molecule has 0 bridgehead atoms. The van der Waals surface area contributed by atoms with Gasteiger partial charge in [0.2, 0.25) is 23.5 Å². The Labute approximate surface area is 634 Å². The zero-order valence-electron chi connectivity index (χ0n) is 52.3. The summed E-state index contributed by atoms with van der Waals surface area (Å²) in [5.41, 5.74) is 7.09. The second-order valence-electron chi connectivity index (χ2n) is 19.9. The molecule has 22 nitrogen and oxygen atoms in total. The summed E-state index contributed by atoms with van der Waals surface area (Å²) in [6.45, 7) is 11.4. The first-order valence-corrected chi connectivity index (χ1v) is 29.3. The Balaban J connectivity index is 0.000000261. The van der Waals surface area contributed by atoms with Crippen LogP contribution in [0.3, 0.4) is 0 Å². The topological polar surface area (TPSA) is 272 Å². The van der Waals surface area contributed by atoms with Crippen LogP contribution in [0.15, 0.2) is 199 Å². The number of imidazole rings is 1. The van der Waals surface area contributed by atoms with Crippen LogP contribution in [0, 0.1) is 24.8 Å². The molecule has 0 saturated heterocycles. The molecule has 0 fully saturated rings. The Morgan fingerprint density at radius 1 is 0.582 bits per heavy atom. The minimum atomic E-state index is -0.738. The first kappa shape index (κ1) is 81.4. The molecule has 0 aliphatic rings. The van der Waals surface area contributed by atoms with Crippen LogP contribution in [0.25, 0.3) is 67.6 Å². The molecule has 3 aromatic carbocycles. The summed E-state index contributed by atoms with van der Waals surface area (Å²) in [5.74, 6) is 3.55. The van der Waals surface area contributed by atoms with E-state index in [-0.39, 0.29) is 141 Å². The van der Waals surface area contributed by atoms with Crippen LogP contribution < -0.4 is 4.74 Å². The molecule has 0 saturated carbocycles. The third kappa shape index (κ3) is 20.5. The zero-order valence-corrected chi connectivity index (χ0v) is 63.6. The maximum Gasteiger partial charge on any atom is 0.299 e. The van der Waals surface area contributed by atoms with Crippen LogP contribution in [0.2, 0.25) is 0 Å². The first-order valence-electron chi connectivity index (χ1n) is 28.9. The van der Waals surface area contributed by atoms with Gasteiger partial charge in [-0.1, -0.05) is 135 Å². The number of para-hydroxylation sites is 1. The molecular weight excluding hydrogens is 1990 g/mol. The summed E-state index contributed by atoms with van der Waals surface area (Å²) in [6.07, 6.45) is 6.12. The number of aromatic nitrogens is 15. The van der Waals surface area contributed by atoms with Crippen LogP contribution in [0.1, 0.15) is 54.4 Å². The minimum Gasteiger partial charge on any atom is -0.762 e. The van der Waals surface area contributed by atoms with E-state index in [1.165, 1.54) is 40.9 Å². The van der Waals surface area contributed by atoms with E-state index in [4.69, 9.17) is 34.2 Å². The Kier molecular flexibility index (Phi) is 33.2. The number of alkyl halides is 2. The third-order valence-corrected chi connectivity index (χ3v) is 13.8. The van der Waals surface area contributed by atoms with Gasteiger partial charge in [0.1, 0.15) is 47.9 Å². The van der Waals surface area contributed by atoms with Crippen molar-refractivity contribution in [3.63, 3.8) is 0 Å². The van der Waals surface area contributed by atoms with Crippen molar-refractivity contribution in [2.45, 2.75) is 64.8 Å². The largest absolute Gasteiger partial charge is 0.762 e. The van der Waals surface area contributed by atoms with Crippen LogP contribution >= 0.6 is 0 Å². The van der Waals surface area contributed by atoms with Crippen molar-refractivity contribution in [1.82, 2.24) is 73.4 Å². The van der Waals surface area contributed by atoms with Gasteiger partial charge in [-0.05, 0) is 90.9 Å². The van der Waals surface area contributed by atoms with E-state index < -0.39 is 13.3 Å². The molecule has 513 valence electrons. The molecule has 0 spiro atoms. The number of aromatic hydroxyl groups is 4. The Morgan fingerprint density at radius 2 is 1.18 bits per heavy atom. The van der Waals surface area contributed by atoms with Gasteiger partial charge in [-0.25, -0.2) is 48.2 Å². The third-order valence-electron chi connectivity index (χ3n) is 13.5. The molecule has 0 amide bonds. The smallest absolute Gasteiger partial charge is 0.299 e. The maximum atomic E-state index is 12.7. The van der Waals surface area contributed by atoms with Gasteiger partial charge in [-0.2, -0.15) is 24.8 Å². The normalized spacial score (nSPS) is 9.96. The summed E-state index contributed by atoms with van der Waals surface area (Å²) in [7, 11) is 1.45. The van der Waals surface area contributed by atoms with Crippen LogP contribution in [-0.4, -0.2) is 101 Å². The van der Waals surface area contributed by atoms with E-state index in [9.17, 15) is 29.2 Å². The molecule has 30 heteroatoms. The quantitative estimate of drug-likeness (QED) is 0.0447. The molecular formula is C68H60F2Ir3N17O5Rh2S-. The van der Waals surface area contributed by atoms with Crippen molar-refractivity contribution >= 4 is 29.3 Å². The van der Waals surface area contributed by atoms with Crippen molar-refractivity contribution < 1.29 is 133 Å². The number of hydrogen-bond donors (Lipinski definition) is 4. The predicted molar refractivity (Wildman–Crippen MR) is 347 cm³/mol. The fraction of sp³-hybridized carbons (Fsp3) is 0.147. The van der Waals surface area contributed by atoms with Gasteiger partial charge >= 0.3 is 0 Å². The number of halogens is 2. The fourth-order valence-electron chi connectivity index (χ4n) is 9.23. The SMILES string of the molecule is CCCc1ccnc(-n2nccc2O)n1.CCc1cccc(-n2c(-c3ccccc3)nc(-c3ccccc3)c2O)n1.COc1ccc(-n2nc(C)cc2O)nc1CF.FCc1cccc(-n2c([S-])cc3ccccc32)n1.[C-]#[N+]c1cc(O)n(-c2cccc(CC#N)n2)n1.[Ir].[Ir].[Ir].[Rh].[Rh]. The number of benzene rings is 3. The van der Waals surface area contributed by atoms with Crippen molar-refractivity contribution in [2.75, 3.05) is 7.11 Å². The number of rotatable bonds is 14. The monoisotopic (exact) mass is 2050 g/mol. The molecule has 4 N–H and O–H groups in total. The van der Waals surface area contributed by atoms with E-state index in [1.54, 1.807) is 60.2 Å². The molecule has 0 aliphatic carbocycles. The second kappa shape index (κ2) is 40.0. The van der Waals surface area contributed by atoms with Crippen molar-refractivity contribution in [1.29, 1.82) is 5.26 Å². The molecule has 0 unspecified atom stereocenters. The van der Waals surface area contributed by atoms with Gasteiger partial charge in [0.05, 0.1) is 48.4 Å². The fourth-order valence-corrected chi connectivity index (χ4v) is 9.55. The van der Waals surface area contributed by atoms with E-state index in [2.05, 4.69) is 63.9 Å². The summed E-state index contributed by atoms with van der Waals surface area (Å²) in [6, 6.07) is 56.9. The number of methoxy groups -OCH3 is 1. The summed E-state index contributed by atoms with van der Waals surface area (Å²) in [4.78, 5) is 33.4. The second-order valence-corrected chi connectivity index (χ2v) is 20.3. The Bertz CT molecular complexity index is 4750. The van der Waals surface area contributed by atoms with Gasteiger partial charge in [0, 0.05) is 146 Å². The summed E-state index contributed by atoms with van der Waals surface area (Å²) < 4.78 is 37.7. The van der Waals surface area contributed by atoms with E-state index in [0.717, 1.165) is 57.4 Å². The number of aryl methyl sites for hydroxylation is 3. The van der Waals surface area contributed by atoms with Gasteiger partial charge in [0.15, 0.2) is 11.6 Å². The molecule has 13 aromatic rings. The Morgan fingerprint density at radius 3 is 1.79 bits per heavy atom. The number of pyridine rings is 4. The maximum absolute atomic E-state index is 12.7. The van der Waals surface area contributed by atoms with Crippen LogP contribution in [0.5, 0.6) is 29.3 Å². The summed E-state index contributed by atoms with van der Waals surface area (Å²) >= 11 is 5.34. The van der Waals surface area contributed by atoms with Crippen molar-refractivity contribution in [2.24, 2.45) is 0 Å². The predicted octanol–water partition coefficient (Wildman–Crippen LogP) is 12.9. The average molecular weight is 2050 g/mol. The van der Waals surface area contributed by atoms with Gasteiger partial charge in [-0.3, -0.25) is 0 Å². The van der Waals surface area contributed by atoms with Gasteiger partial charge in [0.25, 0.3) is 11.8 Å². The number of hydrogen-bond acceptors (Lipinski definition) is 17. The molecule has 10 heterocycles. The van der Waals surface area contributed by atoms with Crippen LogP contribution in [-0.2, 0) is 145 Å². The van der Waals surface area contributed by atoms with E-state index in [1.807, 2.05) is 132 Å². The van der Waals surface area contributed by atoms with E-state index >= 15 is 0 Å². The van der Waals surface area contributed by atoms with Crippen molar-refractivity contribution in [3.8, 4) is 87.2 Å². The first-order chi connectivity index (χ1) is 45.3. The average Bonchev–Trinajstić information content (AvgIpc) is 1.63. The van der Waals surface area contributed by atoms with Crippen LogP contribution in [0.4, 0.5) is 14.6 Å². The van der Waals surface area contributed by atoms with Gasteiger partial charge < -0.3 is 47.2 Å². The number of nitrogens with zero attached hydrogens (tertiary/aromatic N) is 17. The molecule has 13 rings (SSSR count). The molecule has 0 aliphatic heterocycles. The molecule has 98 heavy (non-hydrogen) atoms. The molecule has 10 aromatic heterocycles.